The molecule has 28 heavy (non-hydrogen) atoms. The van der Waals surface area contributed by atoms with E-state index in [9.17, 15) is 9.59 Å². The summed E-state index contributed by atoms with van der Waals surface area (Å²) in [6.07, 6.45) is 5.50. The zero-order valence-electron chi connectivity index (χ0n) is 15.2. The number of aromatic amines is 1. The van der Waals surface area contributed by atoms with Crippen molar-refractivity contribution in [1.82, 2.24) is 15.5 Å². The molecule has 1 saturated carbocycles. The second kappa shape index (κ2) is 7.96. The minimum absolute atomic E-state index is 0.0710. The Morgan fingerprint density at radius 3 is 2.54 bits per heavy atom. The van der Waals surface area contributed by atoms with E-state index in [0.29, 0.717) is 12.2 Å². The third kappa shape index (κ3) is 4.56. The van der Waals surface area contributed by atoms with E-state index in [1.165, 1.54) is 0 Å². The van der Waals surface area contributed by atoms with E-state index in [1.807, 2.05) is 54.7 Å². The predicted octanol–water partition coefficient (Wildman–Crippen LogP) is 3.75. The van der Waals surface area contributed by atoms with Crippen LogP contribution in [0, 0.1) is 5.92 Å². The molecule has 1 aromatic heterocycles. The summed E-state index contributed by atoms with van der Waals surface area (Å²) >= 11 is 0. The van der Waals surface area contributed by atoms with Crippen LogP contribution in [-0.4, -0.2) is 22.1 Å². The molecule has 0 bridgehead atoms. The Morgan fingerprint density at radius 2 is 1.82 bits per heavy atom. The van der Waals surface area contributed by atoms with Gasteiger partial charge in [0.1, 0.15) is 0 Å². The van der Waals surface area contributed by atoms with Gasteiger partial charge in [-0.2, -0.15) is 5.10 Å². The van der Waals surface area contributed by atoms with Crippen molar-refractivity contribution >= 4 is 23.3 Å². The number of anilines is 2. The fourth-order valence-corrected chi connectivity index (χ4v) is 2.86. The zero-order chi connectivity index (χ0) is 19.3. The van der Waals surface area contributed by atoms with Crippen molar-refractivity contribution in [3.63, 3.8) is 0 Å². The van der Waals surface area contributed by atoms with E-state index in [4.69, 9.17) is 0 Å². The van der Waals surface area contributed by atoms with E-state index in [2.05, 4.69) is 26.1 Å². The number of carbonyl (C=O) groups is 2. The fourth-order valence-electron chi connectivity index (χ4n) is 2.86. The van der Waals surface area contributed by atoms with Crippen molar-refractivity contribution < 1.29 is 9.59 Å². The van der Waals surface area contributed by atoms with Gasteiger partial charge in [-0.15, -0.1) is 0 Å². The molecule has 0 atom stereocenters. The van der Waals surface area contributed by atoms with Crippen LogP contribution in [0.3, 0.4) is 0 Å². The molecule has 1 fully saturated rings. The van der Waals surface area contributed by atoms with Crippen LogP contribution in [0.4, 0.5) is 16.2 Å². The van der Waals surface area contributed by atoms with Gasteiger partial charge in [-0.25, -0.2) is 4.79 Å². The molecule has 0 aliphatic heterocycles. The molecule has 4 rings (SSSR count). The molecule has 3 amide bonds. The van der Waals surface area contributed by atoms with Gasteiger partial charge >= 0.3 is 6.03 Å². The summed E-state index contributed by atoms with van der Waals surface area (Å²) in [4.78, 5) is 24.0. The first kappa shape index (κ1) is 17.8. The van der Waals surface area contributed by atoms with Gasteiger partial charge in [-0.1, -0.05) is 24.3 Å². The summed E-state index contributed by atoms with van der Waals surface area (Å²) < 4.78 is 0. The predicted molar refractivity (Wildman–Crippen MR) is 108 cm³/mol. The summed E-state index contributed by atoms with van der Waals surface area (Å²) in [6, 6.07) is 14.7. The summed E-state index contributed by atoms with van der Waals surface area (Å²) in [7, 11) is 0. The number of nitrogens with zero attached hydrogens (tertiary/aromatic N) is 1. The second-order valence-electron chi connectivity index (χ2n) is 6.84. The Hall–Kier alpha value is -3.61. The lowest BCUT2D eigenvalue weighted by atomic mass is 10.1. The molecule has 142 valence electrons. The Balaban J connectivity index is 1.29. The third-order valence-corrected chi connectivity index (χ3v) is 4.57. The highest BCUT2D eigenvalue weighted by Crippen LogP contribution is 2.30. The van der Waals surface area contributed by atoms with E-state index in [-0.39, 0.29) is 17.9 Å². The minimum Gasteiger partial charge on any atom is -0.334 e. The lowest BCUT2D eigenvalue weighted by Crippen LogP contribution is -2.28. The van der Waals surface area contributed by atoms with Crippen molar-refractivity contribution in [1.29, 1.82) is 0 Å². The van der Waals surface area contributed by atoms with Crippen molar-refractivity contribution in [2.75, 3.05) is 10.6 Å². The highest BCUT2D eigenvalue weighted by Gasteiger charge is 2.29. The standard InChI is InChI=1S/C21H21N5O2/c27-20(16-4-5-16)25-19-3-1-2-14(10-19)11-22-21(28)26-18-8-6-15(7-9-18)17-12-23-24-13-17/h1-3,6-10,12-13,16H,4-5,11H2,(H,23,24)(H,25,27)(H2,22,26,28). The fraction of sp³-hybridized carbons (Fsp3) is 0.190. The van der Waals surface area contributed by atoms with Crippen LogP contribution in [0.15, 0.2) is 60.9 Å². The summed E-state index contributed by atoms with van der Waals surface area (Å²) in [6.45, 7) is 0.367. The van der Waals surface area contributed by atoms with Gasteiger partial charge in [0.25, 0.3) is 0 Å². The number of hydrogen-bond acceptors (Lipinski definition) is 3. The molecule has 7 nitrogen and oxygen atoms in total. The second-order valence-corrected chi connectivity index (χ2v) is 6.84. The highest BCUT2D eigenvalue weighted by atomic mass is 16.2. The Labute approximate surface area is 162 Å². The van der Waals surface area contributed by atoms with Crippen molar-refractivity contribution in [3.05, 3.63) is 66.5 Å². The average molecular weight is 375 g/mol. The molecule has 2 aromatic carbocycles. The topological polar surface area (TPSA) is 98.9 Å². The maximum atomic E-state index is 12.2. The molecule has 0 spiro atoms. The van der Waals surface area contributed by atoms with Crippen molar-refractivity contribution in [3.8, 4) is 11.1 Å². The summed E-state index contributed by atoms with van der Waals surface area (Å²) in [5.41, 5.74) is 4.38. The maximum absolute atomic E-state index is 12.2. The van der Waals surface area contributed by atoms with Crippen LogP contribution in [0.25, 0.3) is 11.1 Å². The molecular weight excluding hydrogens is 354 g/mol. The molecule has 0 radical (unpaired) electrons. The summed E-state index contributed by atoms with van der Waals surface area (Å²) in [5.74, 6) is 0.231. The first-order valence-corrected chi connectivity index (χ1v) is 9.21. The van der Waals surface area contributed by atoms with Gasteiger partial charge in [0.15, 0.2) is 0 Å². The Kier molecular flexibility index (Phi) is 5.05. The van der Waals surface area contributed by atoms with Crippen molar-refractivity contribution in [2.24, 2.45) is 5.92 Å². The van der Waals surface area contributed by atoms with Crippen LogP contribution < -0.4 is 16.0 Å². The number of rotatable bonds is 6. The van der Waals surface area contributed by atoms with Crippen molar-refractivity contribution in [2.45, 2.75) is 19.4 Å². The molecular formula is C21H21N5O2. The summed E-state index contributed by atoms with van der Waals surface area (Å²) in [5, 5.41) is 15.3. The first-order chi connectivity index (χ1) is 13.7. The SMILES string of the molecule is O=C(NCc1cccc(NC(=O)C2CC2)c1)Nc1ccc(-c2cn[nH]c2)cc1. The van der Waals surface area contributed by atoms with Crippen LogP contribution in [0.2, 0.25) is 0 Å². The zero-order valence-corrected chi connectivity index (χ0v) is 15.2. The van der Waals surface area contributed by atoms with E-state index < -0.39 is 0 Å². The number of H-pyrrole nitrogens is 1. The van der Waals surface area contributed by atoms with Gasteiger partial charge in [0.2, 0.25) is 5.91 Å². The van der Waals surface area contributed by atoms with Gasteiger partial charge in [-0.3, -0.25) is 9.89 Å². The van der Waals surface area contributed by atoms with Crippen LogP contribution in [-0.2, 0) is 11.3 Å². The largest absolute Gasteiger partial charge is 0.334 e. The first-order valence-electron chi connectivity index (χ1n) is 9.21. The number of carbonyl (C=O) groups excluding carboxylic acids is 2. The van der Waals surface area contributed by atoms with Gasteiger partial charge in [-0.05, 0) is 48.2 Å². The van der Waals surface area contributed by atoms with Crippen LogP contribution >= 0.6 is 0 Å². The normalized spacial score (nSPS) is 13.0. The van der Waals surface area contributed by atoms with Gasteiger partial charge in [0.05, 0.1) is 6.20 Å². The lowest BCUT2D eigenvalue weighted by molar-refractivity contribution is -0.117. The Bertz CT molecular complexity index is 963. The Morgan fingerprint density at radius 1 is 1.00 bits per heavy atom. The number of nitrogens with one attached hydrogen (secondary N) is 4. The molecule has 7 heteroatoms. The maximum Gasteiger partial charge on any atom is 0.319 e. The molecule has 1 aliphatic rings. The smallest absolute Gasteiger partial charge is 0.319 e. The van der Waals surface area contributed by atoms with Crippen LogP contribution in [0.1, 0.15) is 18.4 Å². The molecule has 0 unspecified atom stereocenters. The van der Waals surface area contributed by atoms with E-state index in [0.717, 1.165) is 35.2 Å². The van der Waals surface area contributed by atoms with E-state index in [1.54, 1.807) is 6.20 Å². The molecule has 1 heterocycles. The minimum atomic E-state index is -0.288. The average Bonchev–Trinajstić information content (AvgIpc) is 3.42. The molecule has 3 aromatic rings. The monoisotopic (exact) mass is 375 g/mol. The highest BCUT2D eigenvalue weighted by molar-refractivity contribution is 5.94. The number of amides is 3. The van der Waals surface area contributed by atoms with Crippen LogP contribution in [0.5, 0.6) is 0 Å². The van der Waals surface area contributed by atoms with Gasteiger partial charge < -0.3 is 16.0 Å². The quantitative estimate of drug-likeness (QED) is 0.528. The number of urea groups is 1. The van der Waals surface area contributed by atoms with E-state index >= 15 is 0 Å². The third-order valence-electron chi connectivity index (χ3n) is 4.57. The lowest BCUT2D eigenvalue weighted by Gasteiger charge is -2.10. The van der Waals surface area contributed by atoms with Gasteiger partial charge in [0, 0.05) is 35.6 Å². The molecule has 4 N–H and O–H groups in total. The number of hydrogen-bond donors (Lipinski definition) is 4. The number of aromatic nitrogens is 2. The molecule has 1 aliphatic carbocycles. The molecule has 0 saturated heterocycles. The number of benzene rings is 2.